The van der Waals surface area contributed by atoms with E-state index >= 15 is 0 Å². The van der Waals surface area contributed by atoms with Crippen molar-refractivity contribution in [3.8, 4) is 0 Å². The summed E-state index contributed by atoms with van der Waals surface area (Å²) in [5.74, 6) is 0.310. The molecule has 1 heterocycles. The van der Waals surface area contributed by atoms with Crippen molar-refractivity contribution in [1.29, 1.82) is 0 Å². The summed E-state index contributed by atoms with van der Waals surface area (Å²) in [7, 11) is 0. The van der Waals surface area contributed by atoms with E-state index in [0.717, 1.165) is 19.5 Å². The third kappa shape index (κ3) is 4.75. The molecule has 0 aliphatic heterocycles. The van der Waals surface area contributed by atoms with Crippen molar-refractivity contribution in [3.05, 3.63) is 23.6 Å². The highest BCUT2D eigenvalue weighted by Crippen LogP contribution is 2.22. The predicted octanol–water partition coefficient (Wildman–Crippen LogP) is 3.74. The average Bonchev–Trinajstić information content (AvgIpc) is 2.43. The first kappa shape index (κ1) is 16.9. The maximum atomic E-state index is 14.6. The van der Waals surface area contributed by atoms with E-state index in [0.29, 0.717) is 17.9 Å². The van der Waals surface area contributed by atoms with Crippen molar-refractivity contribution in [2.45, 2.75) is 59.5 Å². The van der Waals surface area contributed by atoms with Crippen LogP contribution in [0.15, 0.2) is 12.3 Å². The van der Waals surface area contributed by atoms with Gasteiger partial charge in [0.2, 0.25) is 0 Å². The molecule has 1 aromatic rings. The minimum atomic E-state index is -0.182. The molecule has 0 spiro atoms. The van der Waals surface area contributed by atoms with E-state index in [4.69, 9.17) is 0 Å². The van der Waals surface area contributed by atoms with Gasteiger partial charge >= 0.3 is 0 Å². The molecule has 0 amide bonds. The van der Waals surface area contributed by atoms with Gasteiger partial charge in [0, 0.05) is 30.9 Å². The van der Waals surface area contributed by atoms with Gasteiger partial charge < -0.3 is 10.2 Å². The molecule has 0 fully saturated rings. The molecule has 0 aliphatic carbocycles. The maximum Gasteiger partial charge on any atom is 0.170 e. The average molecular weight is 281 g/mol. The summed E-state index contributed by atoms with van der Waals surface area (Å²) in [6.07, 6.45) is 5.12. The zero-order valence-corrected chi connectivity index (χ0v) is 13.2. The summed E-state index contributed by atoms with van der Waals surface area (Å²) in [6, 6.07) is 2.01. The Bertz CT molecular complexity index is 393. The van der Waals surface area contributed by atoms with Gasteiger partial charge in [0.05, 0.1) is 0 Å². The van der Waals surface area contributed by atoms with E-state index < -0.39 is 0 Å². The van der Waals surface area contributed by atoms with Crippen LogP contribution < -0.4 is 10.2 Å². The van der Waals surface area contributed by atoms with Gasteiger partial charge in [-0.15, -0.1) is 0 Å². The Hall–Kier alpha value is -1.16. The Kier molecular flexibility index (Phi) is 7.52. The quantitative estimate of drug-likeness (QED) is 0.699. The van der Waals surface area contributed by atoms with Gasteiger partial charge in [-0.3, -0.25) is 0 Å². The molecule has 0 atom stereocenters. The van der Waals surface area contributed by atoms with Crippen molar-refractivity contribution in [1.82, 2.24) is 10.3 Å². The normalized spacial score (nSPS) is 11.1. The van der Waals surface area contributed by atoms with E-state index in [1.54, 1.807) is 12.3 Å². The minimum Gasteiger partial charge on any atom is -0.352 e. The molecule has 0 unspecified atom stereocenters. The van der Waals surface area contributed by atoms with Crippen LogP contribution in [0.3, 0.4) is 0 Å². The number of aromatic nitrogens is 1. The zero-order valence-electron chi connectivity index (χ0n) is 13.2. The van der Waals surface area contributed by atoms with Crippen molar-refractivity contribution in [3.63, 3.8) is 0 Å². The van der Waals surface area contributed by atoms with Gasteiger partial charge in [-0.2, -0.15) is 0 Å². The second-order valence-corrected chi connectivity index (χ2v) is 5.38. The third-order valence-corrected chi connectivity index (χ3v) is 3.41. The molecule has 0 saturated heterocycles. The zero-order chi connectivity index (χ0) is 15.0. The van der Waals surface area contributed by atoms with Crippen molar-refractivity contribution in [2.24, 2.45) is 0 Å². The smallest absolute Gasteiger partial charge is 0.170 e. The van der Waals surface area contributed by atoms with Gasteiger partial charge in [-0.25, -0.2) is 9.37 Å². The summed E-state index contributed by atoms with van der Waals surface area (Å²) < 4.78 is 14.6. The second-order valence-electron chi connectivity index (χ2n) is 5.38. The summed E-state index contributed by atoms with van der Waals surface area (Å²) in [6.45, 7) is 10.6. The lowest BCUT2D eigenvalue weighted by Crippen LogP contribution is -2.33. The van der Waals surface area contributed by atoms with E-state index in [1.165, 1.54) is 12.8 Å². The lowest BCUT2D eigenvalue weighted by molar-refractivity contribution is 0.557. The van der Waals surface area contributed by atoms with Crippen molar-refractivity contribution < 1.29 is 4.39 Å². The SMILES string of the molecule is CCCCCN(c1nccc(CNCC)c1F)C(C)C. The number of halogens is 1. The molecule has 1 rings (SSSR count). The number of anilines is 1. The number of pyridine rings is 1. The molecule has 1 aromatic heterocycles. The van der Waals surface area contributed by atoms with Crippen LogP contribution in [-0.4, -0.2) is 24.1 Å². The fourth-order valence-corrected chi connectivity index (χ4v) is 2.21. The summed E-state index contributed by atoms with van der Waals surface area (Å²) in [4.78, 5) is 6.34. The van der Waals surface area contributed by atoms with Crippen LogP contribution >= 0.6 is 0 Å². The molecule has 0 saturated carbocycles. The number of unbranched alkanes of at least 4 members (excludes halogenated alkanes) is 2. The first-order valence-corrected chi connectivity index (χ1v) is 7.72. The van der Waals surface area contributed by atoms with Crippen molar-refractivity contribution >= 4 is 5.82 Å². The first-order valence-electron chi connectivity index (χ1n) is 7.72. The molecular formula is C16H28FN3. The molecule has 4 heteroatoms. The minimum absolute atomic E-state index is 0.182. The van der Waals surface area contributed by atoms with Gasteiger partial charge in [0.25, 0.3) is 0 Å². The maximum absolute atomic E-state index is 14.6. The highest BCUT2D eigenvalue weighted by atomic mass is 19.1. The van der Waals surface area contributed by atoms with Gasteiger partial charge in [0.1, 0.15) is 0 Å². The standard InChI is InChI=1S/C16H28FN3/c1-5-7-8-11-20(13(3)4)16-15(17)14(9-10-19-16)12-18-6-2/h9-10,13,18H,5-8,11-12H2,1-4H3. The van der Waals surface area contributed by atoms with Crippen LogP contribution in [0.4, 0.5) is 10.2 Å². The molecule has 0 aromatic carbocycles. The Labute approximate surface area is 122 Å². The molecule has 0 radical (unpaired) electrons. The highest BCUT2D eigenvalue weighted by molar-refractivity contribution is 5.43. The topological polar surface area (TPSA) is 28.2 Å². The van der Waals surface area contributed by atoms with Crippen LogP contribution in [0, 0.1) is 5.82 Å². The predicted molar refractivity (Wildman–Crippen MR) is 83.6 cm³/mol. The monoisotopic (exact) mass is 281 g/mol. The fraction of sp³-hybridized carbons (Fsp3) is 0.688. The number of rotatable bonds is 9. The number of nitrogens with zero attached hydrogens (tertiary/aromatic N) is 2. The van der Waals surface area contributed by atoms with E-state index in [2.05, 4.69) is 36.0 Å². The van der Waals surface area contributed by atoms with Gasteiger partial charge in [-0.1, -0.05) is 26.7 Å². The van der Waals surface area contributed by atoms with Crippen LogP contribution in [0.5, 0.6) is 0 Å². The molecule has 0 aliphatic rings. The number of hydrogen-bond acceptors (Lipinski definition) is 3. The van der Waals surface area contributed by atoms with E-state index in [1.807, 2.05) is 6.92 Å². The van der Waals surface area contributed by atoms with Gasteiger partial charge in [-0.05, 0) is 32.9 Å². The molecule has 0 bridgehead atoms. The van der Waals surface area contributed by atoms with E-state index in [9.17, 15) is 4.39 Å². The number of hydrogen-bond donors (Lipinski definition) is 1. The van der Waals surface area contributed by atoms with Crippen LogP contribution in [0.25, 0.3) is 0 Å². The Morgan fingerprint density at radius 3 is 2.65 bits per heavy atom. The van der Waals surface area contributed by atoms with Crippen molar-refractivity contribution in [2.75, 3.05) is 18.0 Å². The first-order chi connectivity index (χ1) is 9.61. The Morgan fingerprint density at radius 2 is 2.05 bits per heavy atom. The molecule has 114 valence electrons. The molecular weight excluding hydrogens is 253 g/mol. The Balaban J connectivity index is 2.89. The lowest BCUT2D eigenvalue weighted by atomic mass is 10.2. The highest BCUT2D eigenvalue weighted by Gasteiger charge is 2.18. The van der Waals surface area contributed by atoms with Crippen LogP contribution in [-0.2, 0) is 6.54 Å². The summed E-state index contributed by atoms with van der Waals surface area (Å²) in [5, 5.41) is 3.17. The summed E-state index contributed by atoms with van der Waals surface area (Å²) >= 11 is 0. The Morgan fingerprint density at radius 1 is 1.30 bits per heavy atom. The van der Waals surface area contributed by atoms with Gasteiger partial charge in [0.15, 0.2) is 11.6 Å². The van der Waals surface area contributed by atoms with E-state index in [-0.39, 0.29) is 11.9 Å². The number of nitrogens with one attached hydrogen (secondary N) is 1. The largest absolute Gasteiger partial charge is 0.352 e. The molecule has 20 heavy (non-hydrogen) atoms. The summed E-state index contributed by atoms with van der Waals surface area (Å²) in [5.41, 5.74) is 0.693. The second kappa shape index (κ2) is 8.90. The fourth-order valence-electron chi connectivity index (χ4n) is 2.21. The molecule has 1 N–H and O–H groups in total. The van der Waals surface area contributed by atoms with Crippen LogP contribution in [0.1, 0.15) is 52.5 Å². The third-order valence-electron chi connectivity index (χ3n) is 3.41. The van der Waals surface area contributed by atoms with Crippen LogP contribution in [0.2, 0.25) is 0 Å². The lowest BCUT2D eigenvalue weighted by Gasteiger charge is -2.28. The molecule has 3 nitrogen and oxygen atoms in total.